The van der Waals surface area contributed by atoms with Crippen molar-refractivity contribution in [2.24, 2.45) is 0 Å². The molecule has 1 aromatic heterocycles. The van der Waals surface area contributed by atoms with Crippen LogP contribution in [-0.4, -0.2) is 9.97 Å². The van der Waals surface area contributed by atoms with Crippen LogP contribution in [0.15, 0.2) is 48.5 Å². The summed E-state index contributed by atoms with van der Waals surface area (Å²) in [6.07, 6.45) is 0. The summed E-state index contributed by atoms with van der Waals surface area (Å²) in [6, 6.07) is 23.0. The smallest absolute Gasteiger partial charge is 0.177 e. The van der Waals surface area contributed by atoms with Gasteiger partial charge in [-0.25, -0.2) is 9.97 Å². The maximum atomic E-state index is 9.51. The highest BCUT2D eigenvalue weighted by molar-refractivity contribution is 6.29. The molecule has 0 unspecified atom stereocenters. The Hall–Kier alpha value is -5.04. The highest BCUT2D eigenvalue weighted by Crippen LogP contribution is 2.38. The average molecular weight is 380 g/mol. The summed E-state index contributed by atoms with van der Waals surface area (Å²) in [5, 5.41) is 42.8. The predicted molar refractivity (Wildman–Crippen MR) is 111 cm³/mol. The van der Waals surface area contributed by atoms with Gasteiger partial charge in [-0.05, 0) is 33.7 Å². The Morgan fingerprint density at radius 1 is 0.567 bits per heavy atom. The maximum Gasteiger partial charge on any atom is 0.177 e. The molecule has 5 rings (SSSR count). The molecule has 6 nitrogen and oxygen atoms in total. The van der Waals surface area contributed by atoms with Crippen LogP contribution in [0.1, 0.15) is 22.5 Å². The van der Waals surface area contributed by atoms with Crippen molar-refractivity contribution >= 4 is 43.4 Å². The molecule has 1 heterocycles. The van der Waals surface area contributed by atoms with E-state index in [0.29, 0.717) is 16.4 Å². The molecule has 0 aliphatic heterocycles. The van der Waals surface area contributed by atoms with Gasteiger partial charge in [-0.3, -0.25) is 0 Å². The molecule has 134 valence electrons. The normalized spacial score (nSPS) is 10.5. The minimum absolute atomic E-state index is 0.0484. The lowest BCUT2D eigenvalue weighted by molar-refractivity contribution is 1.21. The highest BCUT2D eigenvalue weighted by atomic mass is 14.8. The molecule has 0 atom stereocenters. The van der Waals surface area contributed by atoms with Crippen molar-refractivity contribution < 1.29 is 0 Å². The van der Waals surface area contributed by atoms with E-state index in [-0.39, 0.29) is 22.5 Å². The van der Waals surface area contributed by atoms with Gasteiger partial charge >= 0.3 is 0 Å². The molecule has 0 aliphatic rings. The monoisotopic (exact) mass is 380 g/mol. The molecule has 6 heteroatoms. The number of nitrogens with zero attached hydrogens (tertiary/aromatic N) is 6. The third kappa shape index (κ3) is 2.20. The van der Waals surface area contributed by atoms with Gasteiger partial charge in [0.15, 0.2) is 11.4 Å². The fourth-order valence-electron chi connectivity index (χ4n) is 3.91. The molecular weight excluding hydrogens is 372 g/mol. The van der Waals surface area contributed by atoms with E-state index in [1.165, 1.54) is 0 Å². The third-order valence-corrected chi connectivity index (χ3v) is 5.22. The molecule has 0 saturated heterocycles. The van der Waals surface area contributed by atoms with E-state index < -0.39 is 0 Å². The largest absolute Gasteiger partial charge is 0.232 e. The Bertz CT molecular complexity index is 1740. The lowest BCUT2D eigenvalue weighted by atomic mass is 9.92. The van der Waals surface area contributed by atoms with Gasteiger partial charge in [0.2, 0.25) is 0 Å². The summed E-state index contributed by atoms with van der Waals surface area (Å²) >= 11 is 0. The standard InChI is InChI=1S/C24H8N6/c25-9-14-7-18-17-6-5-13-3-1-2-4-16(13)22(17)24-23(19(18)8-15(14)10-26)29-20(11-27)21(12-28)30-24/h1-8H. The molecule has 0 radical (unpaired) electrons. The second-order valence-corrected chi connectivity index (χ2v) is 6.72. The Labute approximate surface area is 170 Å². The summed E-state index contributed by atoms with van der Waals surface area (Å²) < 4.78 is 0. The Morgan fingerprint density at radius 3 is 1.87 bits per heavy atom. The zero-order valence-electron chi connectivity index (χ0n) is 15.3. The molecule has 30 heavy (non-hydrogen) atoms. The van der Waals surface area contributed by atoms with Crippen LogP contribution in [0, 0.1) is 45.3 Å². The minimum Gasteiger partial charge on any atom is -0.232 e. The second-order valence-electron chi connectivity index (χ2n) is 6.72. The lowest BCUT2D eigenvalue weighted by Gasteiger charge is -2.13. The Kier molecular flexibility index (Phi) is 3.56. The van der Waals surface area contributed by atoms with Crippen LogP contribution < -0.4 is 0 Å². The molecular formula is C24H8N6. The van der Waals surface area contributed by atoms with Crippen LogP contribution in [0.5, 0.6) is 0 Å². The fourth-order valence-corrected chi connectivity index (χ4v) is 3.91. The zero-order chi connectivity index (χ0) is 20.8. The molecule has 0 bridgehead atoms. The number of hydrogen-bond donors (Lipinski definition) is 0. The Balaban J connectivity index is 2.19. The molecule has 5 aromatic rings. The van der Waals surface area contributed by atoms with Crippen molar-refractivity contribution in [3.05, 3.63) is 71.0 Å². The van der Waals surface area contributed by atoms with E-state index in [2.05, 4.69) is 16.0 Å². The summed E-state index contributed by atoms with van der Waals surface area (Å²) in [6.45, 7) is 0. The van der Waals surface area contributed by atoms with Gasteiger partial charge in [-0.2, -0.15) is 21.0 Å². The SMILES string of the molecule is N#Cc1cc2c(cc1C#N)c1nc(C#N)c(C#N)nc1c1c3ccccc3ccc21. The van der Waals surface area contributed by atoms with E-state index >= 15 is 0 Å². The zero-order valence-corrected chi connectivity index (χ0v) is 15.3. The van der Waals surface area contributed by atoms with Crippen LogP contribution in [0.25, 0.3) is 43.4 Å². The third-order valence-electron chi connectivity index (χ3n) is 5.22. The van der Waals surface area contributed by atoms with E-state index in [1.54, 1.807) is 12.1 Å². The number of nitriles is 4. The van der Waals surface area contributed by atoms with Crippen LogP contribution >= 0.6 is 0 Å². The summed E-state index contributed by atoms with van der Waals surface area (Å²) in [4.78, 5) is 8.94. The van der Waals surface area contributed by atoms with E-state index in [4.69, 9.17) is 0 Å². The number of hydrogen-bond acceptors (Lipinski definition) is 6. The van der Waals surface area contributed by atoms with Crippen molar-refractivity contribution in [2.45, 2.75) is 0 Å². The summed E-state index contributed by atoms with van der Waals surface area (Å²) in [7, 11) is 0. The quantitative estimate of drug-likeness (QED) is 0.363. The average Bonchev–Trinajstić information content (AvgIpc) is 2.81. The first-order valence-corrected chi connectivity index (χ1v) is 8.93. The molecule has 0 fully saturated rings. The highest BCUT2D eigenvalue weighted by Gasteiger charge is 2.18. The molecule has 0 saturated carbocycles. The first-order valence-electron chi connectivity index (χ1n) is 8.93. The molecule has 0 amide bonds. The van der Waals surface area contributed by atoms with Crippen molar-refractivity contribution in [1.82, 2.24) is 9.97 Å². The first kappa shape index (κ1) is 17.1. The van der Waals surface area contributed by atoms with Crippen molar-refractivity contribution in [1.29, 1.82) is 21.0 Å². The number of fused-ring (bicyclic) bond motifs is 8. The van der Waals surface area contributed by atoms with Crippen LogP contribution in [0.3, 0.4) is 0 Å². The van der Waals surface area contributed by atoms with Gasteiger partial charge in [0.05, 0.1) is 22.2 Å². The summed E-state index contributed by atoms with van der Waals surface area (Å²) in [5.41, 5.74) is 1.27. The van der Waals surface area contributed by atoms with Crippen molar-refractivity contribution in [3.63, 3.8) is 0 Å². The van der Waals surface area contributed by atoms with E-state index in [9.17, 15) is 21.0 Å². The lowest BCUT2D eigenvalue weighted by Crippen LogP contribution is -1.98. The predicted octanol–water partition coefficient (Wildman–Crippen LogP) is 4.58. The van der Waals surface area contributed by atoms with Gasteiger partial charge in [0.1, 0.15) is 24.3 Å². The summed E-state index contributed by atoms with van der Waals surface area (Å²) in [5.74, 6) is 0. The molecule has 4 aromatic carbocycles. The second kappa shape index (κ2) is 6.25. The number of rotatable bonds is 0. The van der Waals surface area contributed by atoms with Gasteiger partial charge in [0, 0.05) is 10.8 Å². The first-order chi connectivity index (χ1) is 14.7. The van der Waals surface area contributed by atoms with Crippen molar-refractivity contribution in [3.8, 4) is 24.3 Å². The van der Waals surface area contributed by atoms with Gasteiger partial charge in [-0.1, -0.05) is 36.4 Å². The number of aromatic nitrogens is 2. The topological polar surface area (TPSA) is 121 Å². The number of benzene rings is 4. The molecule has 0 aliphatic carbocycles. The molecule has 0 spiro atoms. The van der Waals surface area contributed by atoms with Crippen molar-refractivity contribution in [2.75, 3.05) is 0 Å². The minimum atomic E-state index is -0.0752. The molecule has 0 N–H and O–H groups in total. The van der Waals surface area contributed by atoms with E-state index in [1.807, 2.05) is 54.6 Å². The van der Waals surface area contributed by atoms with Crippen LogP contribution in [0.4, 0.5) is 0 Å². The van der Waals surface area contributed by atoms with E-state index in [0.717, 1.165) is 26.9 Å². The van der Waals surface area contributed by atoms with Gasteiger partial charge in [-0.15, -0.1) is 0 Å². The van der Waals surface area contributed by atoms with Crippen LogP contribution in [0.2, 0.25) is 0 Å². The van der Waals surface area contributed by atoms with Gasteiger partial charge < -0.3 is 0 Å². The fraction of sp³-hybridized carbons (Fsp3) is 0. The van der Waals surface area contributed by atoms with Crippen LogP contribution in [-0.2, 0) is 0 Å². The maximum absolute atomic E-state index is 9.51. The Morgan fingerprint density at radius 2 is 1.20 bits per heavy atom. The van der Waals surface area contributed by atoms with Gasteiger partial charge in [0.25, 0.3) is 0 Å².